The summed E-state index contributed by atoms with van der Waals surface area (Å²) in [7, 11) is 0. The fourth-order valence-electron chi connectivity index (χ4n) is 3.46. The number of hydrogen-bond donors (Lipinski definition) is 0. The van der Waals surface area contributed by atoms with Crippen molar-refractivity contribution in [2.24, 2.45) is 5.16 Å². The molecule has 1 fully saturated rings. The monoisotopic (exact) mass is 442 g/mol. The normalized spacial score (nSPS) is 21.7. The molecular formula is C19H11Cl2F3N2O3. The first-order chi connectivity index (χ1) is 13.6. The van der Waals surface area contributed by atoms with E-state index in [1.54, 1.807) is 0 Å². The third-order valence-corrected chi connectivity index (χ3v) is 5.15. The first kappa shape index (κ1) is 19.7. The summed E-state index contributed by atoms with van der Waals surface area (Å²) in [5.41, 5.74) is -2.68. The van der Waals surface area contributed by atoms with Gasteiger partial charge in [0.1, 0.15) is 0 Å². The number of carbonyl (C=O) groups excluding carboxylic acids is 2. The van der Waals surface area contributed by atoms with Gasteiger partial charge in [0, 0.05) is 22.0 Å². The molecule has 0 aliphatic carbocycles. The lowest BCUT2D eigenvalue weighted by molar-refractivity contribution is -0.137. The molecule has 1 saturated heterocycles. The molecule has 2 amide bonds. The largest absolute Gasteiger partial charge is 0.417 e. The quantitative estimate of drug-likeness (QED) is 0.625. The van der Waals surface area contributed by atoms with Gasteiger partial charge in [-0.05, 0) is 24.3 Å². The molecule has 2 aliphatic rings. The Balaban J connectivity index is 1.66. The Labute approximate surface area is 172 Å². The van der Waals surface area contributed by atoms with Gasteiger partial charge in [-0.15, -0.1) is 0 Å². The Hall–Kier alpha value is -2.58. The number of carbonyl (C=O) groups is 2. The average Bonchev–Trinajstić information content (AvgIpc) is 3.15. The van der Waals surface area contributed by atoms with Crippen molar-refractivity contribution in [3.05, 3.63) is 63.6 Å². The van der Waals surface area contributed by atoms with Gasteiger partial charge in [0.25, 0.3) is 5.91 Å². The highest BCUT2D eigenvalue weighted by Crippen LogP contribution is 2.42. The van der Waals surface area contributed by atoms with Crippen LogP contribution in [0.2, 0.25) is 10.0 Å². The molecule has 10 heteroatoms. The number of anilines is 1. The van der Waals surface area contributed by atoms with Crippen LogP contribution in [0, 0.1) is 0 Å². The Kier molecular flexibility index (Phi) is 4.59. The predicted octanol–water partition coefficient (Wildman–Crippen LogP) is 4.84. The van der Waals surface area contributed by atoms with Gasteiger partial charge in [0.2, 0.25) is 11.5 Å². The second kappa shape index (κ2) is 6.74. The highest BCUT2D eigenvalue weighted by Gasteiger charge is 2.58. The molecule has 0 radical (unpaired) electrons. The van der Waals surface area contributed by atoms with Crippen molar-refractivity contribution in [2.45, 2.75) is 24.6 Å². The number of imide groups is 1. The van der Waals surface area contributed by atoms with Crippen LogP contribution in [0.1, 0.15) is 24.0 Å². The molecule has 0 saturated carbocycles. The topological polar surface area (TPSA) is 59.0 Å². The molecular weight excluding hydrogens is 432 g/mol. The van der Waals surface area contributed by atoms with Gasteiger partial charge in [0.15, 0.2) is 0 Å². The number of alkyl halides is 3. The fraction of sp³-hybridized carbons (Fsp3) is 0.211. The maximum absolute atomic E-state index is 13.3. The fourth-order valence-corrected chi connectivity index (χ4v) is 3.97. The molecule has 4 rings (SSSR count). The van der Waals surface area contributed by atoms with E-state index in [9.17, 15) is 22.8 Å². The van der Waals surface area contributed by atoms with Gasteiger partial charge >= 0.3 is 6.18 Å². The summed E-state index contributed by atoms with van der Waals surface area (Å²) in [5, 5.41) is 4.17. The van der Waals surface area contributed by atoms with E-state index in [1.165, 1.54) is 36.4 Å². The number of halogens is 5. The van der Waals surface area contributed by atoms with Crippen molar-refractivity contribution in [3.8, 4) is 0 Å². The van der Waals surface area contributed by atoms with Gasteiger partial charge < -0.3 is 4.84 Å². The molecule has 29 heavy (non-hydrogen) atoms. The zero-order valence-corrected chi connectivity index (χ0v) is 16.0. The molecule has 2 aliphatic heterocycles. The molecule has 0 N–H and O–H groups in total. The highest BCUT2D eigenvalue weighted by molar-refractivity contribution is 6.36. The van der Waals surface area contributed by atoms with Crippen molar-refractivity contribution < 1.29 is 27.6 Å². The summed E-state index contributed by atoms with van der Waals surface area (Å²) in [5.74, 6) is -1.32. The van der Waals surface area contributed by atoms with Gasteiger partial charge in [-0.2, -0.15) is 13.2 Å². The standard InChI is InChI=1S/C19H11Cl2F3N2O3/c20-10-5-11(21)7-12(6-10)26-16(27)9-18(17(26)28)8-15(25-29-18)13-3-1-2-4-14(13)19(22,23)24/h1-7H,8-9H2. The Bertz CT molecular complexity index is 1050. The van der Waals surface area contributed by atoms with Crippen LogP contribution < -0.4 is 4.90 Å². The Morgan fingerprint density at radius 1 is 1.03 bits per heavy atom. The molecule has 5 nitrogen and oxygen atoms in total. The summed E-state index contributed by atoms with van der Waals surface area (Å²) in [6, 6.07) is 9.07. The van der Waals surface area contributed by atoms with Crippen molar-refractivity contribution in [1.82, 2.24) is 0 Å². The molecule has 0 aromatic heterocycles. The maximum Gasteiger partial charge on any atom is 0.417 e. The van der Waals surface area contributed by atoms with E-state index in [2.05, 4.69) is 5.16 Å². The van der Waals surface area contributed by atoms with Crippen molar-refractivity contribution >= 4 is 46.4 Å². The maximum atomic E-state index is 13.3. The molecule has 2 heterocycles. The molecule has 1 unspecified atom stereocenters. The summed E-state index contributed by atoms with van der Waals surface area (Å²) >= 11 is 11.9. The van der Waals surface area contributed by atoms with E-state index in [0.29, 0.717) is 0 Å². The number of hydrogen-bond acceptors (Lipinski definition) is 4. The number of amides is 2. The van der Waals surface area contributed by atoms with E-state index in [4.69, 9.17) is 28.0 Å². The van der Waals surface area contributed by atoms with Crippen LogP contribution in [0.25, 0.3) is 0 Å². The minimum Gasteiger partial charge on any atom is -0.378 e. The van der Waals surface area contributed by atoms with Gasteiger partial charge in [-0.1, -0.05) is 46.6 Å². The number of rotatable bonds is 2. The van der Waals surface area contributed by atoms with Crippen LogP contribution in [-0.4, -0.2) is 23.1 Å². The minimum absolute atomic E-state index is 0.0509. The summed E-state index contributed by atoms with van der Waals surface area (Å²) < 4.78 is 40.0. The zero-order valence-electron chi connectivity index (χ0n) is 14.5. The van der Waals surface area contributed by atoms with Crippen LogP contribution in [0.5, 0.6) is 0 Å². The highest BCUT2D eigenvalue weighted by atomic mass is 35.5. The molecule has 0 bridgehead atoms. The molecule has 1 spiro atoms. The van der Waals surface area contributed by atoms with E-state index < -0.39 is 29.2 Å². The van der Waals surface area contributed by atoms with Gasteiger partial charge in [-0.25, -0.2) is 4.90 Å². The summed E-state index contributed by atoms with van der Waals surface area (Å²) in [6.07, 6.45) is -5.24. The van der Waals surface area contributed by atoms with E-state index in [0.717, 1.165) is 11.0 Å². The number of benzene rings is 2. The second-order valence-electron chi connectivity index (χ2n) is 6.68. The molecule has 2 aromatic rings. The SMILES string of the molecule is O=C1CC2(CC(c3ccccc3C(F)(F)F)=NO2)C(=O)N1c1cc(Cl)cc(Cl)c1. The third kappa shape index (κ3) is 3.36. The van der Waals surface area contributed by atoms with Crippen molar-refractivity contribution in [2.75, 3.05) is 4.90 Å². The molecule has 150 valence electrons. The first-order valence-electron chi connectivity index (χ1n) is 8.36. The lowest BCUT2D eigenvalue weighted by Gasteiger charge is -2.20. The van der Waals surface area contributed by atoms with E-state index in [-0.39, 0.29) is 39.8 Å². The first-order valence-corrected chi connectivity index (χ1v) is 9.11. The van der Waals surface area contributed by atoms with E-state index in [1.807, 2.05) is 0 Å². The second-order valence-corrected chi connectivity index (χ2v) is 7.56. The number of nitrogens with zero attached hydrogens (tertiary/aromatic N) is 2. The van der Waals surface area contributed by atoms with Crippen LogP contribution >= 0.6 is 23.2 Å². The Morgan fingerprint density at radius 3 is 2.34 bits per heavy atom. The molecule has 2 aromatic carbocycles. The van der Waals surface area contributed by atoms with E-state index >= 15 is 0 Å². The predicted molar refractivity (Wildman–Crippen MR) is 100.0 cm³/mol. The summed E-state index contributed by atoms with van der Waals surface area (Å²) in [6.45, 7) is 0. The van der Waals surface area contributed by atoms with Gasteiger partial charge in [-0.3, -0.25) is 9.59 Å². The lowest BCUT2D eigenvalue weighted by Crippen LogP contribution is -2.41. The van der Waals surface area contributed by atoms with Crippen LogP contribution in [0.15, 0.2) is 47.6 Å². The smallest absolute Gasteiger partial charge is 0.378 e. The van der Waals surface area contributed by atoms with Gasteiger partial charge in [0.05, 0.1) is 23.4 Å². The minimum atomic E-state index is -4.60. The van der Waals surface area contributed by atoms with Crippen LogP contribution in [-0.2, 0) is 20.6 Å². The average molecular weight is 443 g/mol. The zero-order chi connectivity index (χ0) is 21.0. The Morgan fingerprint density at radius 2 is 1.69 bits per heavy atom. The molecule has 1 atom stereocenters. The summed E-state index contributed by atoms with van der Waals surface area (Å²) in [4.78, 5) is 31.7. The van der Waals surface area contributed by atoms with Crippen LogP contribution in [0.4, 0.5) is 18.9 Å². The van der Waals surface area contributed by atoms with Crippen molar-refractivity contribution in [1.29, 1.82) is 0 Å². The number of oxime groups is 1. The van der Waals surface area contributed by atoms with Crippen LogP contribution in [0.3, 0.4) is 0 Å². The van der Waals surface area contributed by atoms with Crippen molar-refractivity contribution in [3.63, 3.8) is 0 Å². The lowest BCUT2D eigenvalue weighted by atomic mass is 9.90. The third-order valence-electron chi connectivity index (χ3n) is 4.71.